The molecule has 0 aliphatic rings. The molecule has 0 aliphatic heterocycles. The summed E-state index contributed by atoms with van der Waals surface area (Å²) in [4.78, 5) is 13.9. The number of hydrogen-bond donors (Lipinski definition) is 2. The number of hydrogen-bond acceptors (Lipinski definition) is 2. The van der Waals surface area contributed by atoms with Crippen molar-refractivity contribution in [3.05, 3.63) is 24.0 Å². The third-order valence-electron chi connectivity index (χ3n) is 1.55. The summed E-state index contributed by atoms with van der Waals surface area (Å²) in [6, 6.07) is 3.39. The molecule has 0 saturated heterocycles. The predicted octanol–water partition coefficient (Wildman–Crippen LogP) is 0.968. The number of aliphatic hydroxyl groups excluding tert-OH is 1. The van der Waals surface area contributed by atoms with Gasteiger partial charge in [0.15, 0.2) is 0 Å². The number of H-pyrrole nitrogens is 1. The number of aliphatic hydroxyl groups is 1. The lowest BCUT2D eigenvalue weighted by molar-refractivity contribution is 0.0736. The molecule has 11 heavy (non-hydrogen) atoms. The van der Waals surface area contributed by atoms with Crippen LogP contribution in [0.4, 0.5) is 0 Å². The van der Waals surface area contributed by atoms with E-state index in [1.165, 1.54) is 0 Å². The third kappa shape index (κ3) is 1.68. The summed E-state index contributed by atoms with van der Waals surface area (Å²) in [5.74, 6) is -0.238. The van der Waals surface area contributed by atoms with Crippen molar-refractivity contribution in [3.8, 4) is 0 Å². The van der Waals surface area contributed by atoms with Gasteiger partial charge in [-0.1, -0.05) is 6.92 Å². The van der Waals surface area contributed by atoms with E-state index in [-0.39, 0.29) is 5.78 Å². The van der Waals surface area contributed by atoms with E-state index in [1.54, 1.807) is 25.3 Å². The Morgan fingerprint density at radius 1 is 1.82 bits per heavy atom. The number of Topliss-reactive ketones (excluding diaryl/α,β-unsaturated/α-hetero) is 1. The van der Waals surface area contributed by atoms with Crippen LogP contribution in [0.1, 0.15) is 23.8 Å². The molecule has 1 atom stereocenters. The average molecular weight is 153 g/mol. The zero-order valence-corrected chi connectivity index (χ0v) is 6.37. The van der Waals surface area contributed by atoms with Crippen molar-refractivity contribution < 1.29 is 9.90 Å². The fourth-order valence-electron chi connectivity index (χ4n) is 0.848. The van der Waals surface area contributed by atoms with E-state index in [0.29, 0.717) is 12.1 Å². The molecule has 0 spiro atoms. The summed E-state index contributed by atoms with van der Waals surface area (Å²) in [5, 5.41) is 9.13. The van der Waals surface area contributed by atoms with Gasteiger partial charge in [0.05, 0.1) is 5.69 Å². The van der Waals surface area contributed by atoms with Crippen molar-refractivity contribution in [1.29, 1.82) is 0 Å². The first-order valence-corrected chi connectivity index (χ1v) is 3.61. The summed E-state index contributed by atoms with van der Waals surface area (Å²) in [5.41, 5.74) is 0.472. The van der Waals surface area contributed by atoms with Crippen LogP contribution in [0, 0.1) is 0 Å². The van der Waals surface area contributed by atoms with Crippen LogP contribution in [-0.4, -0.2) is 22.0 Å². The Morgan fingerprint density at radius 2 is 2.55 bits per heavy atom. The number of ketones is 1. The van der Waals surface area contributed by atoms with Crippen LogP contribution < -0.4 is 0 Å². The molecule has 1 unspecified atom stereocenters. The van der Waals surface area contributed by atoms with Crippen molar-refractivity contribution in [3.63, 3.8) is 0 Å². The van der Waals surface area contributed by atoms with Crippen molar-refractivity contribution in [2.24, 2.45) is 0 Å². The summed E-state index contributed by atoms with van der Waals surface area (Å²) >= 11 is 0. The lowest BCUT2D eigenvalue weighted by atomic mass is 10.1. The van der Waals surface area contributed by atoms with Crippen molar-refractivity contribution in [2.45, 2.75) is 19.4 Å². The molecule has 0 aromatic carbocycles. The maximum absolute atomic E-state index is 11.2. The van der Waals surface area contributed by atoms with Crippen molar-refractivity contribution in [1.82, 2.24) is 4.98 Å². The van der Waals surface area contributed by atoms with Crippen LogP contribution >= 0.6 is 0 Å². The first-order chi connectivity index (χ1) is 5.25. The highest BCUT2D eigenvalue weighted by Gasteiger charge is 2.14. The zero-order valence-electron chi connectivity index (χ0n) is 6.37. The highest BCUT2D eigenvalue weighted by Crippen LogP contribution is 2.02. The molecule has 1 heterocycles. The van der Waals surface area contributed by atoms with Crippen LogP contribution in [0.25, 0.3) is 0 Å². The predicted molar refractivity (Wildman–Crippen MR) is 41.4 cm³/mol. The Morgan fingerprint density at radius 3 is 3.00 bits per heavy atom. The Bertz CT molecular complexity index is 228. The zero-order chi connectivity index (χ0) is 8.27. The molecule has 60 valence electrons. The molecule has 2 N–H and O–H groups in total. The van der Waals surface area contributed by atoms with Crippen LogP contribution in [0.5, 0.6) is 0 Å². The molecule has 0 radical (unpaired) electrons. The highest BCUT2D eigenvalue weighted by molar-refractivity contribution is 5.97. The van der Waals surface area contributed by atoms with E-state index in [9.17, 15) is 4.79 Å². The number of carbonyl (C=O) groups is 1. The van der Waals surface area contributed by atoms with Gasteiger partial charge in [0, 0.05) is 6.20 Å². The first kappa shape index (κ1) is 8.01. The minimum Gasteiger partial charge on any atom is -0.385 e. The van der Waals surface area contributed by atoms with E-state index in [4.69, 9.17) is 5.11 Å². The Labute approximate surface area is 65.1 Å². The number of aromatic nitrogens is 1. The SMILES string of the molecule is CCC(O)C(=O)c1ccc[nH]1. The van der Waals surface area contributed by atoms with Crippen LogP contribution in [-0.2, 0) is 0 Å². The molecule has 0 saturated carbocycles. The maximum Gasteiger partial charge on any atom is 0.207 e. The molecular weight excluding hydrogens is 142 g/mol. The van der Waals surface area contributed by atoms with Gasteiger partial charge in [-0.25, -0.2) is 0 Å². The standard InChI is InChI=1S/C8H11NO2/c1-2-7(10)8(11)6-4-3-5-9-6/h3-5,7,9-10H,2H2,1H3. The minimum absolute atomic E-state index is 0.238. The topological polar surface area (TPSA) is 53.1 Å². The molecule has 0 fully saturated rings. The molecule has 0 amide bonds. The van der Waals surface area contributed by atoms with Crippen LogP contribution in [0.2, 0.25) is 0 Å². The Balaban J connectivity index is 2.70. The van der Waals surface area contributed by atoms with E-state index in [1.807, 2.05) is 0 Å². The van der Waals surface area contributed by atoms with E-state index in [2.05, 4.69) is 4.98 Å². The number of rotatable bonds is 3. The lowest BCUT2D eigenvalue weighted by Crippen LogP contribution is -2.19. The van der Waals surface area contributed by atoms with Gasteiger partial charge >= 0.3 is 0 Å². The summed E-state index contributed by atoms with van der Waals surface area (Å²) in [7, 11) is 0. The van der Waals surface area contributed by atoms with Gasteiger partial charge in [-0.15, -0.1) is 0 Å². The average Bonchev–Trinajstić information content (AvgIpc) is 2.53. The first-order valence-electron chi connectivity index (χ1n) is 3.61. The monoisotopic (exact) mass is 153 g/mol. The number of aromatic amines is 1. The number of carbonyl (C=O) groups excluding carboxylic acids is 1. The molecule has 1 aromatic rings. The van der Waals surface area contributed by atoms with Gasteiger partial charge in [-0.3, -0.25) is 4.79 Å². The van der Waals surface area contributed by atoms with Gasteiger partial charge in [-0.2, -0.15) is 0 Å². The quantitative estimate of drug-likeness (QED) is 0.636. The smallest absolute Gasteiger partial charge is 0.207 e. The summed E-state index contributed by atoms with van der Waals surface area (Å²) in [6.45, 7) is 1.77. The van der Waals surface area contributed by atoms with Gasteiger partial charge in [0.25, 0.3) is 0 Å². The fraction of sp³-hybridized carbons (Fsp3) is 0.375. The Hall–Kier alpha value is -1.09. The minimum atomic E-state index is -0.867. The van der Waals surface area contributed by atoms with Gasteiger partial charge in [0.1, 0.15) is 6.10 Å². The van der Waals surface area contributed by atoms with Gasteiger partial charge in [-0.05, 0) is 18.6 Å². The largest absolute Gasteiger partial charge is 0.385 e. The normalized spacial score (nSPS) is 12.9. The maximum atomic E-state index is 11.2. The van der Waals surface area contributed by atoms with Crippen molar-refractivity contribution in [2.75, 3.05) is 0 Å². The fourth-order valence-corrected chi connectivity index (χ4v) is 0.848. The third-order valence-corrected chi connectivity index (χ3v) is 1.55. The molecule has 1 aromatic heterocycles. The molecule has 1 rings (SSSR count). The van der Waals surface area contributed by atoms with Crippen LogP contribution in [0.3, 0.4) is 0 Å². The van der Waals surface area contributed by atoms with Crippen LogP contribution in [0.15, 0.2) is 18.3 Å². The van der Waals surface area contributed by atoms with Crippen molar-refractivity contribution >= 4 is 5.78 Å². The van der Waals surface area contributed by atoms with E-state index in [0.717, 1.165) is 0 Å². The van der Waals surface area contributed by atoms with E-state index >= 15 is 0 Å². The Kier molecular flexibility index (Phi) is 2.44. The van der Waals surface area contributed by atoms with E-state index < -0.39 is 6.10 Å². The molecule has 3 heteroatoms. The molecule has 0 bridgehead atoms. The second-order valence-electron chi connectivity index (χ2n) is 2.37. The molecular formula is C8H11NO2. The molecule has 3 nitrogen and oxygen atoms in total. The van der Waals surface area contributed by atoms with Gasteiger partial charge in [0.2, 0.25) is 5.78 Å². The second-order valence-corrected chi connectivity index (χ2v) is 2.37. The molecule has 0 aliphatic carbocycles. The number of nitrogens with one attached hydrogen (secondary N) is 1. The lowest BCUT2D eigenvalue weighted by Gasteiger charge is -2.03. The highest BCUT2D eigenvalue weighted by atomic mass is 16.3. The summed E-state index contributed by atoms with van der Waals surface area (Å²) in [6.07, 6.45) is 1.25. The second kappa shape index (κ2) is 3.34. The van der Waals surface area contributed by atoms with Gasteiger partial charge < -0.3 is 10.1 Å². The summed E-state index contributed by atoms with van der Waals surface area (Å²) < 4.78 is 0.